The van der Waals surface area contributed by atoms with Gasteiger partial charge in [-0.15, -0.1) is 0 Å². The van der Waals surface area contributed by atoms with Gasteiger partial charge in [-0.25, -0.2) is 9.59 Å². The Bertz CT molecular complexity index is 696. The van der Waals surface area contributed by atoms with Crippen molar-refractivity contribution in [3.63, 3.8) is 0 Å². The topological polar surface area (TPSA) is 70.3 Å². The Morgan fingerprint density at radius 2 is 2.00 bits per heavy atom. The molecule has 0 saturated heterocycles. The van der Waals surface area contributed by atoms with Gasteiger partial charge in [-0.1, -0.05) is 0 Å². The summed E-state index contributed by atoms with van der Waals surface area (Å²) in [5, 5.41) is 0. The summed E-state index contributed by atoms with van der Waals surface area (Å²) in [6.07, 6.45) is 3.95. The number of ether oxygens (including phenoxy) is 1. The van der Waals surface area contributed by atoms with E-state index in [0.29, 0.717) is 5.92 Å². The van der Waals surface area contributed by atoms with Crippen LogP contribution >= 0.6 is 0 Å². The summed E-state index contributed by atoms with van der Waals surface area (Å²) in [5.41, 5.74) is -1.22. The average Bonchev–Trinajstić information content (AvgIpc) is 2.30. The van der Waals surface area contributed by atoms with Crippen molar-refractivity contribution in [2.24, 2.45) is 5.92 Å². The molecule has 3 aliphatic rings. The second kappa shape index (κ2) is 4.58. The lowest BCUT2D eigenvalue weighted by Gasteiger charge is -2.61. The van der Waals surface area contributed by atoms with E-state index >= 15 is 0 Å². The molecule has 114 valence electrons. The molecule has 6 heteroatoms. The van der Waals surface area contributed by atoms with Gasteiger partial charge in [-0.05, 0) is 46.0 Å². The molecule has 21 heavy (non-hydrogen) atoms. The first-order chi connectivity index (χ1) is 9.89. The Morgan fingerprint density at radius 1 is 1.38 bits per heavy atom. The van der Waals surface area contributed by atoms with Crippen molar-refractivity contribution in [1.82, 2.24) is 9.13 Å². The first-order valence-corrected chi connectivity index (χ1v) is 7.45. The predicted octanol–water partition coefficient (Wildman–Crippen LogP) is 1.28. The minimum Gasteiger partial charge on any atom is -0.462 e. The zero-order valence-electron chi connectivity index (χ0n) is 12.6. The highest BCUT2D eigenvalue weighted by molar-refractivity contribution is 5.88. The highest BCUT2D eigenvalue weighted by Gasteiger charge is 2.59. The number of aromatic nitrogens is 2. The summed E-state index contributed by atoms with van der Waals surface area (Å²) in [6, 6.07) is -0.120. The minimum absolute atomic E-state index is 0.0464. The molecule has 6 nitrogen and oxygen atoms in total. The van der Waals surface area contributed by atoms with Crippen molar-refractivity contribution in [2.75, 3.05) is 6.61 Å². The quantitative estimate of drug-likeness (QED) is 0.784. The van der Waals surface area contributed by atoms with Gasteiger partial charge in [0.15, 0.2) is 0 Å². The maximum absolute atomic E-state index is 12.6. The van der Waals surface area contributed by atoms with Crippen molar-refractivity contribution in [1.29, 1.82) is 0 Å². The fraction of sp³-hybridized carbons (Fsp3) is 0.667. The molecule has 0 radical (unpaired) electrons. The van der Waals surface area contributed by atoms with Crippen molar-refractivity contribution >= 4 is 5.97 Å². The van der Waals surface area contributed by atoms with Crippen LogP contribution in [0, 0.1) is 5.92 Å². The van der Waals surface area contributed by atoms with Gasteiger partial charge >= 0.3 is 11.7 Å². The Hall–Kier alpha value is -1.85. The third kappa shape index (κ3) is 1.88. The Kier molecular flexibility index (Phi) is 3.07. The van der Waals surface area contributed by atoms with Crippen LogP contribution in [0.1, 0.15) is 56.4 Å². The van der Waals surface area contributed by atoms with E-state index in [9.17, 15) is 14.4 Å². The molecule has 1 heterocycles. The summed E-state index contributed by atoms with van der Waals surface area (Å²) in [4.78, 5) is 37.2. The van der Waals surface area contributed by atoms with Crippen molar-refractivity contribution in [3.05, 3.63) is 32.6 Å². The van der Waals surface area contributed by atoms with Crippen LogP contribution in [0.3, 0.4) is 0 Å². The number of hydrogen-bond donors (Lipinski definition) is 0. The molecule has 1 aromatic rings. The Morgan fingerprint density at radius 3 is 2.43 bits per heavy atom. The SMILES string of the molecule is CCOC(=O)c1cn(C(C)C)c(=O)n(C23CC(C2)C3)c1=O. The van der Waals surface area contributed by atoms with Crippen LogP contribution in [-0.2, 0) is 10.3 Å². The molecular formula is C15H20N2O4. The molecule has 4 rings (SSSR count). The summed E-state index contributed by atoms with van der Waals surface area (Å²) < 4.78 is 7.71. The van der Waals surface area contributed by atoms with Gasteiger partial charge in [0.2, 0.25) is 0 Å². The zero-order valence-corrected chi connectivity index (χ0v) is 12.6. The standard InChI is InChI=1S/C15H20N2O4/c1-4-21-13(19)11-8-16(9(2)3)14(20)17(12(11)18)15-5-10(6-15)7-15/h8-10H,4-7H2,1-3H3. The van der Waals surface area contributed by atoms with Crippen molar-refractivity contribution in [3.8, 4) is 0 Å². The monoisotopic (exact) mass is 292 g/mol. The molecule has 0 unspecified atom stereocenters. The second-order valence-corrected chi connectivity index (χ2v) is 6.39. The number of nitrogens with zero attached hydrogens (tertiary/aromatic N) is 2. The Balaban J connectivity index is 2.20. The number of hydrogen-bond acceptors (Lipinski definition) is 4. The molecule has 2 bridgehead atoms. The van der Waals surface area contributed by atoms with Gasteiger partial charge in [0.25, 0.3) is 5.56 Å². The number of carbonyl (C=O) groups is 1. The van der Waals surface area contributed by atoms with E-state index in [1.807, 2.05) is 13.8 Å². The number of esters is 1. The van der Waals surface area contributed by atoms with Crippen LogP contribution in [-0.4, -0.2) is 21.7 Å². The summed E-state index contributed by atoms with van der Waals surface area (Å²) in [5.74, 6) is -0.0210. The first kappa shape index (κ1) is 14.1. The van der Waals surface area contributed by atoms with Crippen molar-refractivity contribution < 1.29 is 9.53 Å². The summed E-state index contributed by atoms with van der Waals surface area (Å²) in [7, 11) is 0. The lowest BCUT2D eigenvalue weighted by molar-refractivity contribution is -0.0956. The second-order valence-electron chi connectivity index (χ2n) is 6.39. The van der Waals surface area contributed by atoms with E-state index in [2.05, 4.69) is 0 Å². The molecule has 0 spiro atoms. The molecule has 0 atom stereocenters. The summed E-state index contributed by atoms with van der Waals surface area (Å²) in [6.45, 7) is 5.60. The normalized spacial score (nSPS) is 26.2. The molecule has 0 N–H and O–H groups in total. The zero-order chi connectivity index (χ0) is 15.4. The van der Waals surface area contributed by atoms with Crippen LogP contribution in [0.25, 0.3) is 0 Å². The van der Waals surface area contributed by atoms with Crippen LogP contribution in [0.5, 0.6) is 0 Å². The number of rotatable bonds is 4. The number of carbonyl (C=O) groups excluding carboxylic acids is 1. The average molecular weight is 292 g/mol. The molecule has 3 aliphatic carbocycles. The van der Waals surface area contributed by atoms with Gasteiger partial charge in [0.05, 0.1) is 12.1 Å². The molecule has 0 aromatic carbocycles. The molecule has 1 aromatic heterocycles. The lowest BCUT2D eigenvalue weighted by atomic mass is 9.49. The highest BCUT2D eigenvalue weighted by Crippen LogP contribution is 2.61. The smallest absolute Gasteiger partial charge is 0.345 e. The van der Waals surface area contributed by atoms with Gasteiger partial charge in [0.1, 0.15) is 5.56 Å². The summed E-state index contributed by atoms with van der Waals surface area (Å²) >= 11 is 0. The maximum Gasteiger partial charge on any atom is 0.345 e. The van der Waals surface area contributed by atoms with E-state index in [-0.39, 0.29) is 29.4 Å². The first-order valence-electron chi connectivity index (χ1n) is 7.45. The van der Waals surface area contributed by atoms with E-state index in [4.69, 9.17) is 4.74 Å². The molecule has 3 saturated carbocycles. The van der Waals surface area contributed by atoms with Crippen LogP contribution in [0.15, 0.2) is 15.8 Å². The van der Waals surface area contributed by atoms with Gasteiger partial charge in [0, 0.05) is 12.2 Å². The van der Waals surface area contributed by atoms with E-state index in [0.717, 1.165) is 19.3 Å². The predicted molar refractivity (Wildman–Crippen MR) is 76.6 cm³/mol. The van der Waals surface area contributed by atoms with Gasteiger partial charge in [-0.2, -0.15) is 0 Å². The molecule has 3 fully saturated rings. The minimum atomic E-state index is -0.655. The Labute approximate surface area is 122 Å². The molecule has 0 aliphatic heterocycles. The fourth-order valence-corrected chi connectivity index (χ4v) is 3.42. The highest BCUT2D eigenvalue weighted by atomic mass is 16.5. The molecule has 0 amide bonds. The van der Waals surface area contributed by atoms with Crippen molar-refractivity contribution in [2.45, 2.75) is 51.6 Å². The van der Waals surface area contributed by atoms with E-state index in [1.54, 1.807) is 6.92 Å². The maximum atomic E-state index is 12.6. The van der Waals surface area contributed by atoms with E-state index in [1.165, 1.54) is 15.3 Å². The largest absolute Gasteiger partial charge is 0.462 e. The van der Waals surface area contributed by atoms with Crippen LogP contribution in [0.4, 0.5) is 0 Å². The lowest BCUT2D eigenvalue weighted by Crippen LogP contribution is -2.66. The third-order valence-corrected chi connectivity index (χ3v) is 4.65. The van der Waals surface area contributed by atoms with Gasteiger partial charge < -0.3 is 4.74 Å². The fourth-order valence-electron chi connectivity index (χ4n) is 3.42. The van der Waals surface area contributed by atoms with Gasteiger partial charge in [-0.3, -0.25) is 13.9 Å². The van der Waals surface area contributed by atoms with Crippen LogP contribution in [0.2, 0.25) is 0 Å². The van der Waals surface area contributed by atoms with Crippen LogP contribution < -0.4 is 11.2 Å². The van der Waals surface area contributed by atoms with E-state index < -0.39 is 11.5 Å². The third-order valence-electron chi connectivity index (χ3n) is 4.65. The molecular weight excluding hydrogens is 272 g/mol.